The quantitative estimate of drug-likeness (QED) is 0.896. The van der Waals surface area contributed by atoms with E-state index in [4.69, 9.17) is 16.3 Å². The van der Waals surface area contributed by atoms with Gasteiger partial charge in [0.1, 0.15) is 12.4 Å². The van der Waals surface area contributed by atoms with E-state index in [0.29, 0.717) is 6.61 Å². The molecule has 1 aliphatic rings. The third kappa shape index (κ3) is 1.76. The molecule has 1 aromatic carbocycles. The van der Waals surface area contributed by atoms with E-state index in [1.165, 1.54) is 0 Å². The Kier molecular flexibility index (Phi) is 3.00. The number of fused-ring (bicyclic) bond motifs is 1. The molecule has 14 heavy (non-hydrogen) atoms. The molecule has 76 valence electrons. The van der Waals surface area contributed by atoms with Gasteiger partial charge in [-0.05, 0) is 34.6 Å². The van der Waals surface area contributed by atoms with Gasteiger partial charge in [-0.15, -0.1) is 0 Å². The molecular weight excluding hydrogens is 265 g/mol. The van der Waals surface area contributed by atoms with Crippen molar-refractivity contribution >= 4 is 27.5 Å². The van der Waals surface area contributed by atoms with Crippen molar-refractivity contribution < 1.29 is 4.74 Å². The second kappa shape index (κ2) is 4.09. The lowest BCUT2D eigenvalue weighted by molar-refractivity contribution is 0.312. The van der Waals surface area contributed by atoms with Crippen LogP contribution >= 0.6 is 27.5 Å². The summed E-state index contributed by atoms with van der Waals surface area (Å²) in [5.74, 6) is 0.917. The monoisotopic (exact) mass is 275 g/mol. The van der Waals surface area contributed by atoms with Crippen LogP contribution in [-0.2, 0) is 0 Å². The summed E-state index contributed by atoms with van der Waals surface area (Å²) in [7, 11) is 0. The summed E-state index contributed by atoms with van der Waals surface area (Å²) in [5.41, 5.74) is 1.14. The Morgan fingerprint density at radius 2 is 2.43 bits per heavy atom. The number of rotatable bonds is 2. The van der Waals surface area contributed by atoms with E-state index in [-0.39, 0.29) is 6.04 Å². The minimum Gasteiger partial charge on any atom is -0.490 e. The summed E-state index contributed by atoms with van der Waals surface area (Å²) in [6.07, 6.45) is 0. The van der Waals surface area contributed by atoms with Crippen LogP contribution in [0.25, 0.3) is 0 Å². The molecule has 0 spiro atoms. The van der Waals surface area contributed by atoms with Gasteiger partial charge in [-0.1, -0.05) is 18.5 Å². The van der Waals surface area contributed by atoms with Gasteiger partial charge < -0.3 is 10.1 Å². The van der Waals surface area contributed by atoms with Gasteiger partial charge in [-0.25, -0.2) is 0 Å². The van der Waals surface area contributed by atoms with Crippen LogP contribution in [0.4, 0.5) is 0 Å². The van der Waals surface area contributed by atoms with Crippen LogP contribution in [0.5, 0.6) is 5.75 Å². The Morgan fingerprint density at radius 3 is 3.14 bits per heavy atom. The van der Waals surface area contributed by atoms with Gasteiger partial charge in [-0.3, -0.25) is 0 Å². The highest BCUT2D eigenvalue weighted by molar-refractivity contribution is 9.10. The van der Waals surface area contributed by atoms with E-state index >= 15 is 0 Å². The summed E-state index contributed by atoms with van der Waals surface area (Å²) in [6.45, 7) is 3.69. The smallest absolute Gasteiger partial charge is 0.138 e. The molecule has 0 amide bonds. The molecule has 0 aliphatic carbocycles. The van der Waals surface area contributed by atoms with Crippen molar-refractivity contribution in [1.29, 1.82) is 0 Å². The third-order valence-electron chi connectivity index (χ3n) is 2.26. The molecule has 0 radical (unpaired) electrons. The molecule has 0 saturated heterocycles. The molecule has 4 heteroatoms. The third-order valence-corrected chi connectivity index (χ3v) is 3.06. The fourth-order valence-corrected chi connectivity index (χ4v) is 2.61. The second-order valence-corrected chi connectivity index (χ2v) is 4.52. The lowest BCUT2D eigenvalue weighted by atomic mass is 10.1. The summed E-state index contributed by atoms with van der Waals surface area (Å²) in [4.78, 5) is 0. The largest absolute Gasteiger partial charge is 0.490 e. The van der Waals surface area contributed by atoms with E-state index in [0.717, 1.165) is 27.4 Å². The first kappa shape index (κ1) is 10.3. The minimum absolute atomic E-state index is 0.269. The standard InChI is InChI=1S/C10H11BrClNO/c1-2-13-9-5-14-10-7(9)3-6(12)4-8(10)11/h3-4,9,13H,2,5H2,1H3. The number of likely N-dealkylation sites (N-methyl/N-ethyl adjacent to an activating group) is 1. The fourth-order valence-electron chi connectivity index (χ4n) is 1.66. The molecule has 0 fully saturated rings. The van der Waals surface area contributed by atoms with Crippen LogP contribution in [0.2, 0.25) is 5.02 Å². The molecule has 2 nitrogen and oxygen atoms in total. The average molecular weight is 277 g/mol. The van der Waals surface area contributed by atoms with Crippen molar-refractivity contribution in [2.45, 2.75) is 13.0 Å². The molecule has 1 unspecified atom stereocenters. The van der Waals surface area contributed by atoms with Crippen molar-refractivity contribution in [3.8, 4) is 5.75 Å². The molecule has 0 bridgehead atoms. The lowest BCUT2D eigenvalue weighted by Gasteiger charge is -2.09. The highest BCUT2D eigenvalue weighted by atomic mass is 79.9. The van der Waals surface area contributed by atoms with Gasteiger partial charge in [0.15, 0.2) is 0 Å². The first-order valence-corrected chi connectivity index (χ1v) is 5.74. The molecule has 1 aromatic rings. The maximum absolute atomic E-state index is 5.98. The second-order valence-electron chi connectivity index (χ2n) is 3.23. The van der Waals surface area contributed by atoms with Gasteiger partial charge >= 0.3 is 0 Å². The van der Waals surface area contributed by atoms with Crippen LogP contribution in [-0.4, -0.2) is 13.2 Å². The van der Waals surface area contributed by atoms with Crippen LogP contribution in [0.1, 0.15) is 18.5 Å². The summed E-state index contributed by atoms with van der Waals surface area (Å²) in [5, 5.41) is 4.09. The normalized spacial score (nSPS) is 19.2. The number of ether oxygens (including phenoxy) is 1. The molecule has 1 aliphatic heterocycles. The molecule has 1 atom stereocenters. The van der Waals surface area contributed by atoms with Gasteiger partial charge in [-0.2, -0.15) is 0 Å². The van der Waals surface area contributed by atoms with Gasteiger partial charge in [0.05, 0.1) is 10.5 Å². The summed E-state index contributed by atoms with van der Waals surface area (Å²) in [6, 6.07) is 4.08. The number of benzene rings is 1. The molecule has 1 N–H and O–H groups in total. The summed E-state index contributed by atoms with van der Waals surface area (Å²) >= 11 is 9.42. The van der Waals surface area contributed by atoms with Gasteiger partial charge in [0.25, 0.3) is 0 Å². The van der Waals surface area contributed by atoms with Crippen molar-refractivity contribution in [3.63, 3.8) is 0 Å². The number of hydrogen-bond acceptors (Lipinski definition) is 2. The molecule has 2 rings (SSSR count). The molecular formula is C10H11BrClNO. The predicted molar refractivity (Wildman–Crippen MR) is 61.1 cm³/mol. The van der Waals surface area contributed by atoms with E-state index in [1.54, 1.807) is 0 Å². The SMILES string of the molecule is CCNC1COc2c(Br)cc(Cl)cc21. The van der Waals surface area contributed by atoms with Crippen LogP contribution in [0, 0.1) is 0 Å². The molecule has 0 aromatic heterocycles. The van der Waals surface area contributed by atoms with E-state index in [2.05, 4.69) is 28.2 Å². The zero-order valence-corrected chi connectivity index (χ0v) is 10.2. The van der Waals surface area contributed by atoms with Crippen LogP contribution < -0.4 is 10.1 Å². The average Bonchev–Trinajstić information content (AvgIpc) is 2.49. The van der Waals surface area contributed by atoms with E-state index in [1.807, 2.05) is 12.1 Å². The van der Waals surface area contributed by atoms with Crippen molar-refractivity contribution in [3.05, 3.63) is 27.2 Å². The number of halogens is 2. The zero-order valence-electron chi connectivity index (χ0n) is 7.81. The first-order valence-electron chi connectivity index (χ1n) is 4.57. The van der Waals surface area contributed by atoms with Crippen LogP contribution in [0.3, 0.4) is 0 Å². The summed E-state index contributed by atoms with van der Waals surface area (Å²) < 4.78 is 6.51. The Hall–Kier alpha value is -0.250. The number of hydrogen-bond donors (Lipinski definition) is 1. The fraction of sp³-hybridized carbons (Fsp3) is 0.400. The Bertz CT molecular complexity index is 356. The van der Waals surface area contributed by atoms with Crippen molar-refractivity contribution in [2.75, 3.05) is 13.2 Å². The van der Waals surface area contributed by atoms with Crippen molar-refractivity contribution in [2.24, 2.45) is 0 Å². The zero-order chi connectivity index (χ0) is 10.1. The topological polar surface area (TPSA) is 21.3 Å². The molecule has 1 heterocycles. The maximum Gasteiger partial charge on any atom is 0.138 e. The first-order chi connectivity index (χ1) is 6.72. The van der Waals surface area contributed by atoms with Crippen molar-refractivity contribution in [1.82, 2.24) is 5.32 Å². The minimum atomic E-state index is 0.269. The highest BCUT2D eigenvalue weighted by Gasteiger charge is 2.25. The maximum atomic E-state index is 5.98. The Labute approximate surface area is 96.7 Å². The predicted octanol–water partition coefficient (Wildman–Crippen LogP) is 3.15. The lowest BCUT2D eigenvalue weighted by Crippen LogP contribution is -2.21. The van der Waals surface area contributed by atoms with Crippen LogP contribution in [0.15, 0.2) is 16.6 Å². The van der Waals surface area contributed by atoms with E-state index < -0.39 is 0 Å². The van der Waals surface area contributed by atoms with E-state index in [9.17, 15) is 0 Å². The Morgan fingerprint density at radius 1 is 1.64 bits per heavy atom. The van der Waals surface area contributed by atoms with Gasteiger partial charge in [0.2, 0.25) is 0 Å². The Balaban J connectivity index is 2.38. The van der Waals surface area contributed by atoms with Gasteiger partial charge in [0, 0.05) is 10.6 Å². The highest BCUT2D eigenvalue weighted by Crippen LogP contribution is 2.40. The molecule has 0 saturated carbocycles. The number of nitrogens with one attached hydrogen (secondary N) is 1.